The van der Waals surface area contributed by atoms with Gasteiger partial charge in [0.15, 0.2) is 0 Å². The number of carbonyl (C=O) groups is 1. The lowest BCUT2D eigenvalue weighted by Crippen LogP contribution is -2.17. The molecule has 0 aromatic carbocycles. The van der Waals surface area contributed by atoms with E-state index in [9.17, 15) is 18.0 Å². The molecule has 88 valence electrons. The minimum atomic E-state index is -4.59. The zero-order valence-electron chi connectivity index (χ0n) is 8.14. The Kier molecular flexibility index (Phi) is 4.11. The van der Waals surface area contributed by atoms with Gasteiger partial charge in [0.05, 0.1) is 12.2 Å². The number of hydrogen-bond donors (Lipinski definition) is 0. The summed E-state index contributed by atoms with van der Waals surface area (Å²) in [4.78, 5) is 15.0. The third kappa shape index (κ3) is 2.83. The fourth-order valence-electron chi connectivity index (χ4n) is 1.07. The number of rotatable bonds is 2. The van der Waals surface area contributed by atoms with E-state index in [4.69, 9.17) is 0 Å². The van der Waals surface area contributed by atoms with Gasteiger partial charge in [0.2, 0.25) is 0 Å². The first kappa shape index (κ1) is 13.2. The molecule has 0 spiro atoms. The fourth-order valence-corrected chi connectivity index (χ4v) is 1.74. The fraction of sp³-hybridized carbons (Fsp3) is 0.333. The van der Waals surface area contributed by atoms with Gasteiger partial charge in [-0.15, -0.1) is 0 Å². The van der Waals surface area contributed by atoms with E-state index in [2.05, 4.69) is 9.72 Å². The highest BCUT2D eigenvalue weighted by molar-refractivity contribution is 14.1. The molecule has 0 saturated carbocycles. The lowest BCUT2D eigenvalue weighted by molar-refractivity contribution is -0.138. The molecule has 0 aliphatic heterocycles. The molecule has 7 heteroatoms. The van der Waals surface area contributed by atoms with E-state index in [1.807, 2.05) is 0 Å². The first-order valence-corrected chi connectivity index (χ1v) is 5.34. The number of hydrogen-bond acceptors (Lipinski definition) is 3. The van der Waals surface area contributed by atoms with Crippen LogP contribution in [0.4, 0.5) is 13.2 Å². The summed E-state index contributed by atoms with van der Waals surface area (Å²) in [6.07, 6.45) is -3.59. The average Bonchev–Trinajstić information content (AvgIpc) is 2.16. The number of carbonyl (C=O) groups excluding carboxylic acids is 1. The first-order valence-electron chi connectivity index (χ1n) is 4.26. The van der Waals surface area contributed by atoms with Crippen molar-refractivity contribution in [1.29, 1.82) is 0 Å². The van der Waals surface area contributed by atoms with Crippen LogP contribution >= 0.6 is 22.6 Å². The Morgan fingerprint density at radius 2 is 2.19 bits per heavy atom. The van der Waals surface area contributed by atoms with Crippen LogP contribution in [0.1, 0.15) is 22.8 Å². The summed E-state index contributed by atoms with van der Waals surface area (Å²) >= 11 is 1.57. The molecule has 0 amide bonds. The third-order valence-corrected chi connectivity index (χ3v) is 2.51. The Morgan fingerprint density at radius 3 is 2.69 bits per heavy atom. The summed E-state index contributed by atoms with van der Waals surface area (Å²) in [5.74, 6) is -1.01. The van der Waals surface area contributed by atoms with Crippen molar-refractivity contribution < 1.29 is 22.7 Å². The maximum atomic E-state index is 12.6. The Bertz CT molecular complexity index is 406. The van der Waals surface area contributed by atoms with E-state index in [-0.39, 0.29) is 10.3 Å². The van der Waals surface area contributed by atoms with Crippen LogP contribution in [0.15, 0.2) is 12.3 Å². The van der Waals surface area contributed by atoms with Crippen molar-refractivity contribution >= 4 is 28.6 Å². The minimum Gasteiger partial charge on any atom is -0.462 e. The molecule has 1 aromatic heterocycles. The predicted octanol–water partition coefficient (Wildman–Crippen LogP) is 2.88. The van der Waals surface area contributed by atoms with Gasteiger partial charge in [-0.2, -0.15) is 13.2 Å². The molecular weight excluding hydrogens is 338 g/mol. The van der Waals surface area contributed by atoms with Crippen LogP contribution < -0.4 is 0 Å². The molecule has 0 saturated heterocycles. The number of esters is 1. The van der Waals surface area contributed by atoms with Crippen molar-refractivity contribution in [2.24, 2.45) is 0 Å². The van der Waals surface area contributed by atoms with Crippen molar-refractivity contribution in [2.75, 3.05) is 6.61 Å². The topological polar surface area (TPSA) is 39.2 Å². The highest BCUT2D eigenvalue weighted by atomic mass is 127. The smallest absolute Gasteiger partial charge is 0.417 e. The zero-order chi connectivity index (χ0) is 12.3. The SMILES string of the molecule is CCOC(=O)c1c(C(F)(F)F)ccnc1I. The summed E-state index contributed by atoms with van der Waals surface area (Å²) in [5, 5.41) is 0. The van der Waals surface area contributed by atoms with Crippen LogP contribution in [0, 0.1) is 3.70 Å². The first-order chi connectivity index (χ1) is 7.38. The van der Waals surface area contributed by atoms with Crippen molar-refractivity contribution in [2.45, 2.75) is 13.1 Å². The second-order valence-electron chi connectivity index (χ2n) is 2.74. The van der Waals surface area contributed by atoms with Crippen molar-refractivity contribution in [3.8, 4) is 0 Å². The normalized spacial score (nSPS) is 11.3. The van der Waals surface area contributed by atoms with Gasteiger partial charge < -0.3 is 4.74 Å². The molecular formula is C9H7F3INO2. The number of pyridine rings is 1. The number of alkyl halides is 3. The molecule has 1 rings (SSSR count). The Hall–Kier alpha value is -0.860. The Morgan fingerprint density at radius 1 is 1.56 bits per heavy atom. The second kappa shape index (κ2) is 4.98. The van der Waals surface area contributed by atoms with E-state index in [0.717, 1.165) is 12.3 Å². The van der Waals surface area contributed by atoms with Crippen molar-refractivity contribution in [1.82, 2.24) is 4.98 Å². The van der Waals surface area contributed by atoms with Gasteiger partial charge in [-0.1, -0.05) is 0 Å². The maximum Gasteiger partial charge on any atom is 0.417 e. The molecule has 0 aliphatic carbocycles. The van der Waals surface area contributed by atoms with Crippen molar-refractivity contribution in [3.05, 3.63) is 27.1 Å². The number of halogens is 4. The Balaban J connectivity index is 3.30. The minimum absolute atomic E-state index is 0.0150. The largest absolute Gasteiger partial charge is 0.462 e. The van der Waals surface area contributed by atoms with Crippen LogP contribution in [0.5, 0.6) is 0 Å². The molecule has 0 N–H and O–H groups in total. The molecule has 0 bridgehead atoms. The van der Waals surface area contributed by atoms with Gasteiger partial charge in [-0.25, -0.2) is 9.78 Å². The zero-order valence-corrected chi connectivity index (χ0v) is 10.3. The van der Waals surface area contributed by atoms with Gasteiger partial charge >= 0.3 is 12.1 Å². The second-order valence-corrected chi connectivity index (χ2v) is 3.76. The monoisotopic (exact) mass is 345 g/mol. The highest BCUT2D eigenvalue weighted by Crippen LogP contribution is 2.33. The predicted molar refractivity (Wildman–Crippen MR) is 57.9 cm³/mol. The Labute approximate surface area is 103 Å². The summed E-state index contributed by atoms with van der Waals surface area (Å²) < 4.78 is 42.3. The number of aromatic nitrogens is 1. The van der Waals surface area contributed by atoms with Crippen LogP contribution in [-0.2, 0) is 10.9 Å². The van der Waals surface area contributed by atoms with E-state index < -0.39 is 23.3 Å². The van der Waals surface area contributed by atoms with E-state index in [1.165, 1.54) is 6.92 Å². The molecule has 1 aromatic rings. The molecule has 0 radical (unpaired) electrons. The van der Waals surface area contributed by atoms with Gasteiger partial charge in [0, 0.05) is 6.20 Å². The highest BCUT2D eigenvalue weighted by Gasteiger charge is 2.37. The lowest BCUT2D eigenvalue weighted by Gasteiger charge is -2.12. The van der Waals surface area contributed by atoms with Gasteiger partial charge in [0.1, 0.15) is 9.26 Å². The molecule has 16 heavy (non-hydrogen) atoms. The average molecular weight is 345 g/mol. The summed E-state index contributed by atoms with van der Waals surface area (Å²) in [6.45, 7) is 1.54. The quantitative estimate of drug-likeness (QED) is 0.470. The van der Waals surface area contributed by atoms with Crippen LogP contribution in [0.2, 0.25) is 0 Å². The van der Waals surface area contributed by atoms with Crippen LogP contribution in [0.3, 0.4) is 0 Å². The van der Waals surface area contributed by atoms with E-state index in [1.54, 1.807) is 22.6 Å². The maximum absolute atomic E-state index is 12.6. The number of nitrogens with zero attached hydrogens (tertiary/aromatic N) is 1. The van der Waals surface area contributed by atoms with Gasteiger partial charge in [-0.3, -0.25) is 0 Å². The van der Waals surface area contributed by atoms with Crippen molar-refractivity contribution in [3.63, 3.8) is 0 Å². The van der Waals surface area contributed by atoms with Crippen LogP contribution in [0.25, 0.3) is 0 Å². The molecule has 1 heterocycles. The van der Waals surface area contributed by atoms with Gasteiger partial charge in [0.25, 0.3) is 0 Å². The molecule has 0 unspecified atom stereocenters. The standard InChI is InChI=1S/C9H7F3INO2/c1-2-16-8(15)6-5(9(10,11)12)3-4-14-7(6)13/h3-4H,2H2,1H3. The molecule has 0 aliphatic rings. The molecule has 0 atom stereocenters. The third-order valence-electron chi connectivity index (χ3n) is 1.69. The summed E-state index contributed by atoms with van der Waals surface area (Å²) in [6, 6.07) is 0.758. The van der Waals surface area contributed by atoms with E-state index >= 15 is 0 Å². The van der Waals surface area contributed by atoms with Gasteiger partial charge in [-0.05, 0) is 35.6 Å². The number of ether oxygens (including phenoxy) is 1. The van der Waals surface area contributed by atoms with E-state index in [0.29, 0.717) is 0 Å². The lowest BCUT2D eigenvalue weighted by atomic mass is 10.1. The summed E-state index contributed by atoms with van der Waals surface area (Å²) in [7, 11) is 0. The molecule has 3 nitrogen and oxygen atoms in total. The molecule has 0 fully saturated rings. The van der Waals surface area contributed by atoms with Crippen LogP contribution in [-0.4, -0.2) is 17.6 Å². The summed E-state index contributed by atoms with van der Waals surface area (Å²) in [5.41, 5.74) is -1.55.